The molecular weight excluding hydrogens is 358 g/mol. The number of aryl methyl sites for hydroxylation is 2. The molecule has 0 saturated carbocycles. The van der Waals surface area contributed by atoms with Crippen LogP contribution in [0.5, 0.6) is 0 Å². The second kappa shape index (κ2) is 8.52. The highest BCUT2D eigenvalue weighted by Gasteiger charge is 2.26. The Morgan fingerprint density at radius 3 is 2.33 bits per heavy atom. The smallest absolute Gasteiger partial charge is 0.240 e. The lowest BCUT2D eigenvalue weighted by molar-refractivity contribution is 0.113. The molecule has 0 spiro atoms. The van der Waals surface area contributed by atoms with Crippen LogP contribution in [0, 0.1) is 13.8 Å². The lowest BCUT2D eigenvalue weighted by Gasteiger charge is -2.38. The summed E-state index contributed by atoms with van der Waals surface area (Å²) in [5.74, 6) is 0. The number of nitrogens with zero attached hydrogens (tertiary/aromatic N) is 2. The van der Waals surface area contributed by atoms with Crippen LogP contribution in [0.1, 0.15) is 22.7 Å². The minimum atomic E-state index is -3.55. The van der Waals surface area contributed by atoms with E-state index in [1.54, 1.807) is 6.07 Å². The molecule has 1 aliphatic heterocycles. The van der Waals surface area contributed by atoms with Crippen LogP contribution in [-0.4, -0.2) is 58.0 Å². The van der Waals surface area contributed by atoms with E-state index in [4.69, 9.17) is 0 Å². The summed E-state index contributed by atoms with van der Waals surface area (Å²) in [5.41, 5.74) is 2.86. The first-order valence-corrected chi connectivity index (χ1v) is 10.9. The Hall–Kier alpha value is -1.73. The van der Waals surface area contributed by atoms with E-state index in [-0.39, 0.29) is 6.04 Å². The number of hydrogen-bond acceptors (Lipinski definition) is 4. The molecule has 0 radical (unpaired) electrons. The second-order valence-corrected chi connectivity index (χ2v) is 9.12. The zero-order valence-electron chi connectivity index (χ0n) is 16.4. The third kappa shape index (κ3) is 4.96. The van der Waals surface area contributed by atoms with Crippen LogP contribution < -0.4 is 4.72 Å². The standard InChI is InChI=1S/C21H29N3O2S/c1-17-9-10-18(2)21(15-17)27(25,26)22-16-20(19-7-5-4-6-8-19)24-13-11-23(3)12-14-24/h4-10,15,20,22H,11-14,16H2,1-3H3. The molecule has 146 valence electrons. The molecule has 6 heteroatoms. The fourth-order valence-electron chi connectivity index (χ4n) is 3.53. The number of nitrogens with one attached hydrogen (secondary N) is 1. The second-order valence-electron chi connectivity index (χ2n) is 7.39. The van der Waals surface area contributed by atoms with Crippen molar-refractivity contribution in [3.05, 3.63) is 65.2 Å². The van der Waals surface area contributed by atoms with E-state index in [2.05, 4.69) is 33.7 Å². The number of piperazine rings is 1. The summed E-state index contributed by atoms with van der Waals surface area (Å²) in [7, 11) is -1.43. The van der Waals surface area contributed by atoms with Gasteiger partial charge in [0.05, 0.1) is 4.90 Å². The molecule has 1 aliphatic rings. The Bertz CT molecular complexity index is 860. The topological polar surface area (TPSA) is 52.7 Å². The van der Waals surface area contributed by atoms with Crippen molar-refractivity contribution >= 4 is 10.0 Å². The highest BCUT2D eigenvalue weighted by molar-refractivity contribution is 7.89. The van der Waals surface area contributed by atoms with Gasteiger partial charge >= 0.3 is 0 Å². The van der Waals surface area contributed by atoms with Crippen molar-refractivity contribution in [1.82, 2.24) is 14.5 Å². The molecule has 1 N–H and O–H groups in total. The fraction of sp³-hybridized carbons (Fsp3) is 0.429. The van der Waals surface area contributed by atoms with Gasteiger partial charge in [-0.2, -0.15) is 0 Å². The van der Waals surface area contributed by atoms with E-state index in [1.807, 2.05) is 44.2 Å². The first-order chi connectivity index (χ1) is 12.9. The van der Waals surface area contributed by atoms with Crippen LogP contribution in [0.4, 0.5) is 0 Å². The minimum absolute atomic E-state index is 0.0276. The Morgan fingerprint density at radius 2 is 1.67 bits per heavy atom. The van der Waals surface area contributed by atoms with Gasteiger partial charge in [0, 0.05) is 38.8 Å². The van der Waals surface area contributed by atoms with Gasteiger partial charge in [-0.1, -0.05) is 42.5 Å². The molecule has 27 heavy (non-hydrogen) atoms. The monoisotopic (exact) mass is 387 g/mol. The summed E-state index contributed by atoms with van der Waals surface area (Å²) >= 11 is 0. The Labute approximate surface area is 163 Å². The zero-order valence-corrected chi connectivity index (χ0v) is 17.2. The number of benzene rings is 2. The highest BCUT2D eigenvalue weighted by atomic mass is 32.2. The third-order valence-electron chi connectivity index (χ3n) is 5.26. The molecule has 1 fully saturated rings. The van der Waals surface area contributed by atoms with Gasteiger partial charge in [0.1, 0.15) is 0 Å². The molecule has 1 unspecified atom stereocenters. The van der Waals surface area contributed by atoms with Crippen molar-refractivity contribution in [2.45, 2.75) is 24.8 Å². The SMILES string of the molecule is Cc1ccc(C)c(S(=O)(=O)NCC(c2ccccc2)N2CCN(C)CC2)c1. The highest BCUT2D eigenvalue weighted by Crippen LogP contribution is 2.23. The predicted octanol–water partition coefficient (Wildman–Crippen LogP) is 2.57. The summed E-state index contributed by atoms with van der Waals surface area (Å²) in [6.07, 6.45) is 0. The summed E-state index contributed by atoms with van der Waals surface area (Å²) in [4.78, 5) is 5.05. The van der Waals surface area contributed by atoms with Gasteiger partial charge in [-0.05, 0) is 43.7 Å². The Kier molecular flexibility index (Phi) is 6.32. The molecule has 1 atom stereocenters. The van der Waals surface area contributed by atoms with Crippen LogP contribution in [0.25, 0.3) is 0 Å². The fourth-order valence-corrected chi connectivity index (χ4v) is 4.90. The van der Waals surface area contributed by atoms with Gasteiger partial charge in [0.2, 0.25) is 10.0 Å². The average Bonchev–Trinajstić information content (AvgIpc) is 2.66. The van der Waals surface area contributed by atoms with E-state index < -0.39 is 10.0 Å². The molecule has 0 bridgehead atoms. The number of hydrogen-bond donors (Lipinski definition) is 1. The van der Waals surface area contributed by atoms with Crippen molar-refractivity contribution in [2.75, 3.05) is 39.8 Å². The summed E-state index contributed by atoms with van der Waals surface area (Å²) in [6, 6.07) is 15.7. The molecule has 0 amide bonds. The van der Waals surface area contributed by atoms with E-state index in [1.165, 1.54) is 0 Å². The van der Waals surface area contributed by atoms with Gasteiger partial charge in [0.25, 0.3) is 0 Å². The molecule has 2 aromatic carbocycles. The van der Waals surface area contributed by atoms with Crippen molar-refractivity contribution in [3.8, 4) is 0 Å². The summed E-state index contributed by atoms with van der Waals surface area (Å²) in [6.45, 7) is 7.96. The van der Waals surface area contributed by atoms with Crippen molar-refractivity contribution in [2.24, 2.45) is 0 Å². The number of rotatable bonds is 6. The maximum Gasteiger partial charge on any atom is 0.240 e. The molecule has 2 aromatic rings. The maximum absolute atomic E-state index is 12.9. The number of sulfonamides is 1. The van der Waals surface area contributed by atoms with Crippen LogP contribution in [-0.2, 0) is 10.0 Å². The largest absolute Gasteiger partial charge is 0.304 e. The molecular formula is C21H29N3O2S. The molecule has 0 aromatic heterocycles. The van der Waals surface area contributed by atoms with Gasteiger partial charge in [-0.15, -0.1) is 0 Å². The van der Waals surface area contributed by atoms with E-state index in [9.17, 15) is 8.42 Å². The van der Waals surface area contributed by atoms with E-state index in [0.29, 0.717) is 11.4 Å². The average molecular weight is 388 g/mol. The predicted molar refractivity (Wildman–Crippen MR) is 109 cm³/mol. The number of likely N-dealkylation sites (N-methyl/N-ethyl adjacent to an activating group) is 1. The third-order valence-corrected chi connectivity index (χ3v) is 6.83. The van der Waals surface area contributed by atoms with Crippen LogP contribution in [0.2, 0.25) is 0 Å². The lowest BCUT2D eigenvalue weighted by Crippen LogP contribution is -2.48. The first kappa shape index (κ1) is 20.0. The first-order valence-electron chi connectivity index (χ1n) is 9.41. The normalized spacial score (nSPS) is 17.7. The molecule has 5 nitrogen and oxygen atoms in total. The van der Waals surface area contributed by atoms with Crippen molar-refractivity contribution in [3.63, 3.8) is 0 Å². The van der Waals surface area contributed by atoms with Gasteiger partial charge < -0.3 is 4.90 Å². The quantitative estimate of drug-likeness (QED) is 0.828. The molecule has 3 rings (SSSR count). The maximum atomic E-state index is 12.9. The van der Waals surface area contributed by atoms with Crippen molar-refractivity contribution in [1.29, 1.82) is 0 Å². The van der Waals surface area contributed by atoms with Crippen LogP contribution in [0.3, 0.4) is 0 Å². The van der Waals surface area contributed by atoms with E-state index >= 15 is 0 Å². The van der Waals surface area contributed by atoms with Crippen molar-refractivity contribution < 1.29 is 8.42 Å². The lowest BCUT2D eigenvalue weighted by atomic mass is 10.0. The van der Waals surface area contributed by atoms with E-state index in [0.717, 1.165) is 42.9 Å². The zero-order chi connectivity index (χ0) is 19.4. The molecule has 1 heterocycles. The summed E-state index contributed by atoms with van der Waals surface area (Å²) in [5, 5.41) is 0. The van der Waals surface area contributed by atoms with Gasteiger partial charge in [-0.3, -0.25) is 4.90 Å². The Morgan fingerprint density at radius 1 is 1.00 bits per heavy atom. The minimum Gasteiger partial charge on any atom is -0.304 e. The van der Waals surface area contributed by atoms with Crippen LogP contribution in [0.15, 0.2) is 53.4 Å². The Balaban J connectivity index is 1.81. The van der Waals surface area contributed by atoms with Gasteiger partial charge in [0.15, 0.2) is 0 Å². The van der Waals surface area contributed by atoms with Crippen LogP contribution >= 0.6 is 0 Å². The molecule has 1 saturated heterocycles. The van der Waals surface area contributed by atoms with Gasteiger partial charge in [-0.25, -0.2) is 13.1 Å². The molecule has 0 aliphatic carbocycles. The summed E-state index contributed by atoms with van der Waals surface area (Å²) < 4.78 is 28.7.